The highest BCUT2D eigenvalue weighted by atomic mass is 32.3. The Hall–Kier alpha value is -2.54. The van der Waals surface area contributed by atoms with E-state index < -0.39 is 10.2 Å². The second-order valence-electron chi connectivity index (χ2n) is 7.15. The Morgan fingerprint density at radius 2 is 1.89 bits per heavy atom. The summed E-state index contributed by atoms with van der Waals surface area (Å²) in [7, 11) is -3.19. The van der Waals surface area contributed by atoms with Crippen molar-refractivity contribution in [1.82, 2.24) is 9.88 Å². The minimum absolute atomic E-state index is 0.320. The fraction of sp³-hybridized carbons (Fsp3) is 0.227. The molecule has 1 aromatic heterocycles. The van der Waals surface area contributed by atoms with Crippen molar-refractivity contribution < 1.29 is 8.76 Å². The van der Waals surface area contributed by atoms with Crippen molar-refractivity contribution in [3.8, 4) is 11.3 Å². The lowest BCUT2D eigenvalue weighted by Gasteiger charge is -2.19. The molecule has 6 heteroatoms. The van der Waals surface area contributed by atoms with Gasteiger partial charge in [0.25, 0.3) is 0 Å². The van der Waals surface area contributed by atoms with Crippen molar-refractivity contribution in [2.45, 2.75) is 18.0 Å². The van der Waals surface area contributed by atoms with Gasteiger partial charge in [-0.3, -0.25) is 9.88 Å². The predicted molar refractivity (Wildman–Crippen MR) is 112 cm³/mol. The van der Waals surface area contributed by atoms with Gasteiger partial charge in [-0.2, -0.15) is 0 Å². The molecule has 0 amide bonds. The Labute approximate surface area is 166 Å². The summed E-state index contributed by atoms with van der Waals surface area (Å²) in [6.07, 6.45) is 3.14. The van der Waals surface area contributed by atoms with Gasteiger partial charge in [-0.05, 0) is 35.9 Å². The maximum atomic E-state index is 11.6. The molecule has 0 radical (unpaired) electrons. The number of nitrogens with one attached hydrogen (secondary N) is 1. The highest BCUT2D eigenvalue weighted by molar-refractivity contribution is 7.97. The van der Waals surface area contributed by atoms with E-state index in [-0.39, 0.29) is 0 Å². The highest BCUT2D eigenvalue weighted by Gasteiger charge is 2.16. The van der Waals surface area contributed by atoms with Crippen LogP contribution in [0, 0.1) is 0 Å². The molecule has 3 aromatic rings. The van der Waals surface area contributed by atoms with Crippen LogP contribution >= 0.6 is 0 Å². The van der Waals surface area contributed by atoms with Gasteiger partial charge in [0.2, 0.25) is 0 Å². The summed E-state index contributed by atoms with van der Waals surface area (Å²) in [6.45, 7) is 3.59. The van der Waals surface area contributed by atoms with E-state index in [0.29, 0.717) is 4.90 Å². The van der Waals surface area contributed by atoms with E-state index in [1.165, 1.54) is 17.4 Å². The summed E-state index contributed by atoms with van der Waals surface area (Å²) in [6, 6.07) is 19.4. The lowest BCUT2D eigenvalue weighted by atomic mass is 10.1. The first-order valence-electron chi connectivity index (χ1n) is 9.28. The van der Waals surface area contributed by atoms with Crippen molar-refractivity contribution in [2.24, 2.45) is 0 Å². The summed E-state index contributed by atoms with van der Waals surface area (Å²) in [4.78, 5) is 7.35. The number of anilines is 1. The van der Waals surface area contributed by atoms with E-state index >= 15 is 0 Å². The van der Waals surface area contributed by atoms with Gasteiger partial charge in [0.05, 0.1) is 15.9 Å². The number of fused-ring (bicyclic) bond motifs is 1. The predicted octanol–water partition coefficient (Wildman–Crippen LogP) is 3.79. The van der Waals surface area contributed by atoms with Gasteiger partial charge >= 0.3 is 0 Å². The van der Waals surface area contributed by atoms with Crippen molar-refractivity contribution >= 4 is 15.9 Å². The Morgan fingerprint density at radius 3 is 2.61 bits per heavy atom. The van der Waals surface area contributed by atoms with Crippen LogP contribution in [-0.2, 0) is 27.5 Å². The molecule has 1 aliphatic rings. The highest BCUT2D eigenvalue weighted by Crippen LogP contribution is 2.27. The quantitative estimate of drug-likeness (QED) is 0.683. The Balaban J connectivity index is 1.54. The van der Waals surface area contributed by atoms with E-state index in [0.717, 1.165) is 43.1 Å². The lowest BCUT2D eigenvalue weighted by Crippen LogP contribution is -2.25. The summed E-state index contributed by atoms with van der Waals surface area (Å²) < 4.78 is 23.3. The molecule has 28 heavy (non-hydrogen) atoms. The van der Waals surface area contributed by atoms with Crippen molar-refractivity contribution in [2.75, 3.05) is 24.7 Å². The maximum Gasteiger partial charge on any atom is 0.155 e. The third-order valence-electron chi connectivity index (χ3n) is 4.95. The average Bonchev–Trinajstić information content (AvgIpc) is 2.89. The molecule has 144 valence electrons. The summed E-state index contributed by atoms with van der Waals surface area (Å²) in [5, 5.41) is 3.51. The number of pyridine rings is 1. The molecule has 0 aliphatic carbocycles. The molecule has 1 aliphatic heterocycles. The van der Waals surface area contributed by atoms with Gasteiger partial charge in [-0.25, -0.2) is 0 Å². The Bertz CT molecular complexity index is 1000. The third kappa shape index (κ3) is 4.30. The van der Waals surface area contributed by atoms with Gasteiger partial charge in [0.1, 0.15) is 6.26 Å². The number of benzene rings is 2. The number of hydrogen-bond donors (Lipinski definition) is 1. The normalized spacial score (nSPS) is 16.5. The first-order valence-corrected chi connectivity index (χ1v) is 11.2. The van der Waals surface area contributed by atoms with E-state index in [1.54, 1.807) is 12.1 Å². The topological polar surface area (TPSA) is 68.3 Å². The number of nitrogens with zero attached hydrogens (tertiary/aromatic N) is 2. The second-order valence-corrected chi connectivity index (χ2v) is 9.16. The summed E-state index contributed by atoms with van der Waals surface area (Å²) in [5.41, 5.74) is 5.31. The van der Waals surface area contributed by atoms with Crippen LogP contribution in [0.5, 0.6) is 0 Å². The first kappa shape index (κ1) is 18.8. The smallest absolute Gasteiger partial charge is 0.155 e. The minimum atomic E-state index is -3.19. The fourth-order valence-corrected chi connectivity index (χ4v) is 4.08. The minimum Gasteiger partial charge on any atom is -0.610 e. The molecule has 0 saturated heterocycles. The van der Waals surface area contributed by atoms with Gasteiger partial charge in [0, 0.05) is 49.2 Å². The van der Waals surface area contributed by atoms with Crippen LogP contribution in [0.3, 0.4) is 0 Å². The molecule has 4 rings (SSSR count). The number of aromatic nitrogens is 1. The van der Waals surface area contributed by atoms with E-state index in [2.05, 4.69) is 45.5 Å². The van der Waals surface area contributed by atoms with E-state index in [1.807, 2.05) is 24.4 Å². The summed E-state index contributed by atoms with van der Waals surface area (Å²) in [5.74, 6) is 0. The Morgan fingerprint density at radius 1 is 1.14 bits per heavy atom. The SMILES string of the molecule is C[S+](=O)([O-])c1ccc(-c2cc3c(cn2)CN(Cc2ccccc2)CCN3)cc1. The standard InChI is InChI=1S/C22H23N3O2S/c1-28(26,27)20-9-7-18(8-10-20)21-13-22-19(14-24-21)16-25(12-11-23-22)15-17-5-3-2-4-6-17/h2-10,13-14,23H,11-12,15-16H2,1H3. The molecule has 0 fully saturated rings. The molecule has 2 aromatic carbocycles. The van der Waals surface area contributed by atoms with Gasteiger partial charge in [-0.15, -0.1) is 4.21 Å². The van der Waals surface area contributed by atoms with E-state index in [4.69, 9.17) is 0 Å². The third-order valence-corrected chi connectivity index (χ3v) is 6.08. The molecular formula is C22H23N3O2S. The second kappa shape index (κ2) is 7.83. The number of rotatable bonds is 4. The number of hydrogen-bond acceptors (Lipinski definition) is 5. The molecular weight excluding hydrogens is 370 g/mol. The van der Waals surface area contributed by atoms with Crippen LogP contribution in [0.15, 0.2) is 71.8 Å². The monoisotopic (exact) mass is 393 g/mol. The Kier molecular flexibility index (Phi) is 5.26. The van der Waals surface area contributed by atoms with Gasteiger partial charge in [0.15, 0.2) is 4.90 Å². The largest absolute Gasteiger partial charge is 0.610 e. The van der Waals surface area contributed by atoms with Gasteiger partial charge in [-0.1, -0.05) is 30.3 Å². The van der Waals surface area contributed by atoms with Crippen LogP contribution in [-0.4, -0.2) is 33.8 Å². The zero-order valence-corrected chi connectivity index (χ0v) is 16.6. The summed E-state index contributed by atoms with van der Waals surface area (Å²) >= 11 is 0. The molecule has 0 spiro atoms. The van der Waals surface area contributed by atoms with Crippen molar-refractivity contribution in [1.29, 1.82) is 0 Å². The molecule has 0 bridgehead atoms. The van der Waals surface area contributed by atoms with Crippen molar-refractivity contribution in [3.63, 3.8) is 0 Å². The van der Waals surface area contributed by atoms with Gasteiger partial charge < -0.3 is 9.87 Å². The van der Waals surface area contributed by atoms with Crippen LogP contribution in [0.2, 0.25) is 0 Å². The molecule has 1 N–H and O–H groups in total. The van der Waals surface area contributed by atoms with Crippen LogP contribution in [0.4, 0.5) is 5.69 Å². The molecule has 0 saturated carbocycles. The lowest BCUT2D eigenvalue weighted by molar-refractivity contribution is 0.271. The molecule has 5 nitrogen and oxygen atoms in total. The molecule has 1 unspecified atom stereocenters. The van der Waals surface area contributed by atoms with Crippen LogP contribution in [0.1, 0.15) is 11.1 Å². The van der Waals surface area contributed by atoms with Crippen LogP contribution in [0.25, 0.3) is 11.3 Å². The molecule has 1 atom stereocenters. The first-order chi connectivity index (χ1) is 13.5. The fourth-order valence-electron chi connectivity index (χ4n) is 3.45. The van der Waals surface area contributed by atoms with Crippen molar-refractivity contribution in [3.05, 3.63) is 78.0 Å². The van der Waals surface area contributed by atoms with E-state index in [9.17, 15) is 8.76 Å². The number of sulfone groups is 1. The zero-order valence-electron chi connectivity index (χ0n) is 15.8. The van der Waals surface area contributed by atoms with Crippen LogP contribution < -0.4 is 5.32 Å². The zero-order chi connectivity index (χ0) is 19.6. The average molecular weight is 394 g/mol. The molecule has 2 heterocycles. The maximum absolute atomic E-state index is 11.6.